The Labute approximate surface area is 153 Å². The number of rotatable bonds is 5. The molecular formula is C18H16ClN3O4. The third-order valence-corrected chi connectivity index (χ3v) is 4.14. The molecule has 0 atom stereocenters. The van der Waals surface area contributed by atoms with E-state index < -0.39 is 11.2 Å². The van der Waals surface area contributed by atoms with Crippen LogP contribution in [-0.2, 0) is 11.3 Å². The van der Waals surface area contributed by atoms with Crippen LogP contribution in [0.4, 0.5) is 5.69 Å². The second kappa shape index (κ2) is 7.45. The van der Waals surface area contributed by atoms with Gasteiger partial charge in [0.15, 0.2) is 0 Å². The molecule has 0 radical (unpaired) electrons. The molecule has 7 nitrogen and oxygen atoms in total. The molecule has 3 rings (SSSR count). The van der Waals surface area contributed by atoms with Crippen molar-refractivity contribution in [3.8, 4) is 5.75 Å². The van der Waals surface area contributed by atoms with Crippen LogP contribution in [0.25, 0.3) is 10.9 Å². The van der Waals surface area contributed by atoms with Gasteiger partial charge in [-0.1, -0.05) is 23.7 Å². The number of aromatic amines is 1. The summed E-state index contributed by atoms with van der Waals surface area (Å²) in [6, 6.07) is 11.6. The number of para-hydroxylation sites is 1. The molecule has 8 heteroatoms. The maximum Gasteiger partial charge on any atom is 0.328 e. The number of hydrogen-bond donors (Lipinski definition) is 2. The molecule has 1 heterocycles. The number of nitrogens with zero attached hydrogens (tertiary/aromatic N) is 1. The number of ether oxygens (including phenoxy) is 1. The highest BCUT2D eigenvalue weighted by atomic mass is 35.5. The van der Waals surface area contributed by atoms with Gasteiger partial charge in [-0.3, -0.25) is 19.1 Å². The number of aromatic nitrogens is 2. The minimum Gasteiger partial charge on any atom is -0.495 e. The molecule has 0 saturated heterocycles. The summed E-state index contributed by atoms with van der Waals surface area (Å²) in [5, 5.41) is 3.57. The number of methoxy groups -OCH3 is 1. The lowest BCUT2D eigenvalue weighted by atomic mass is 10.2. The first kappa shape index (κ1) is 17.8. The topological polar surface area (TPSA) is 93.2 Å². The van der Waals surface area contributed by atoms with Gasteiger partial charge in [-0.15, -0.1) is 0 Å². The summed E-state index contributed by atoms with van der Waals surface area (Å²) in [5.41, 5.74) is -0.0742. The summed E-state index contributed by atoms with van der Waals surface area (Å²) in [4.78, 5) is 38.5. The van der Waals surface area contributed by atoms with E-state index >= 15 is 0 Å². The lowest BCUT2D eigenvalue weighted by molar-refractivity contribution is -0.116. The van der Waals surface area contributed by atoms with Gasteiger partial charge in [-0.25, -0.2) is 4.79 Å². The van der Waals surface area contributed by atoms with Gasteiger partial charge in [0.25, 0.3) is 5.56 Å². The van der Waals surface area contributed by atoms with Crippen LogP contribution in [0, 0.1) is 0 Å². The van der Waals surface area contributed by atoms with Crippen LogP contribution in [0.3, 0.4) is 0 Å². The van der Waals surface area contributed by atoms with Crippen LogP contribution in [0.5, 0.6) is 5.75 Å². The van der Waals surface area contributed by atoms with Gasteiger partial charge in [0.05, 0.1) is 23.7 Å². The van der Waals surface area contributed by atoms with Gasteiger partial charge < -0.3 is 10.1 Å². The molecule has 1 aromatic heterocycles. The first-order valence-corrected chi connectivity index (χ1v) is 8.22. The third kappa shape index (κ3) is 3.62. The first-order chi connectivity index (χ1) is 12.5. The summed E-state index contributed by atoms with van der Waals surface area (Å²) < 4.78 is 6.55. The average Bonchev–Trinajstić information content (AvgIpc) is 2.62. The van der Waals surface area contributed by atoms with Crippen molar-refractivity contribution in [3.05, 3.63) is 68.3 Å². The van der Waals surface area contributed by atoms with E-state index in [2.05, 4.69) is 10.3 Å². The molecule has 2 N–H and O–H groups in total. The lowest BCUT2D eigenvalue weighted by Gasteiger charge is -2.12. The zero-order valence-corrected chi connectivity index (χ0v) is 14.7. The fourth-order valence-corrected chi connectivity index (χ4v) is 2.84. The Morgan fingerprint density at radius 3 is 2.77 bits per heavy atom. The normalized spacial score (nSPS) is 10.7. The van der Waals surface area contributed by atoms with E-state index in [0.29, 0.717) is 27.4 Å². The Morgan fingerprint density at radius 1 is 1.23 bits per heavy atom. The van der Waals surface area contributed by atoms with Gasteiger partial charge in [-0.05, 0) is 30.3 Å². The molecule has 1 amide bonds. The Balaban J connectivity index is 1.81. The molecular weight excluding hydrogens is 358 g/mol. The number of carbonyl (C=O) groups excluding carboxylic acids is 1. The molecule has 2 aromatic carbocycles. The Morgan fingerprint density at radius 2 is 2.00 bits per heavy atom. The van der Waals surface area contributed by atoms with Crippen LogP contribution in [0.2, 0.25) is 5.02 Å². The summed E-state index contributed by atoms with van der Waals surface area (Å²) in [6.45, 7) is 0.116. The van der Waals surface area contributed by atoms with Crippen LogP contribution in [0.1, 0.15) is 6.42 Å². The van der Waals surface area contributed by atoms with Crippen molar-refractivity contribution in [1.29, 1.82) is 0 Å². The number of benzene rings is 2. The second-order valence-electron chi connectivity index (χ2n) is 5.57. The van der Waals surface area contributed by atoms with Crippen molar-refractivity contribution in [1.82, 2.24) is 9.55 Å². The van der Waals surface area contributed by atoms with Gasteiger partial charge in [-0.2, -0.15) is 0 Å². The fourth-order valence-electron chi connectivity index (χ4n) is 2.67. The van der Waals surface area contributed by atoms with E-state index in [-0.39, 0.29) is 18.9 Å². The van der Waals surface area contributed by atoms with E-state index in [9.17, 15) is 14.4 Å². The smallest absolute Gasteiger partial charge is 0.328 e. The number of hydrogen-bond acceptors (Lipinski definition) is 4. The molecule has 26 heavy (non-hydrogen) atoms. The quantitative estimate of drug-likeness (QED) is 0.718. The molecule has 0 spiro atoms. The van der Waals surface area contributed by atoms with Crippen LogP contribution in [0.15, 0.2) is 52.1 Å². The first-order valence-electron chi connectivity index (χ1n) is 7.85. The molecule has 0 bridgehead atoms. The standard InChI is InChI=1S/C18H16ClN3O4/c1-26-15-7-6-11(19)10-13(15)20-16(23)8-9-22-14-5-3-2-4-12(14)17(24)21-18(22)25/h2-7,10H,8-9H2,1H3,(H,20,23)(H,21,24,25). The highest BCUT2D eigenvalue weighted by Gasteiger charge is 2.11. The number of nitrogens with one attached hydrogen (secondary N) is 2. The minimum absolute atomic E-state index is 0.0333. The van der Waals surface area contributed by atoms with Crippen molar-refractivity contribution < 1.29 is 9.53 Å². The number of carbonyl (C=O) groups is 1. The second-order valence-corrected chi connectivity index (χ2v) is 6.01. The molecule has 134 valence electrons. The van der Waals surface area contributed by atoms with Gasteiger partial charge in [0, 0.05) is 18.0 Å². The summed E-state index contributed by atoms with van der Waals surface area (Å²) in [5.74, 6) is 0.169. The summed E-state index contributed by atoms with van der Waals surface area (Å²) in [6.07, 6.45) is 0.0333. The van der Waals surface area contributed by atoms with E-state index in [1.807, 2.05) is 0 Å². The number of halogens is 1. The fraction of sp³-hybridized carbons (Fsp3) is 0.167. The Kier molecular flexibility index (Phi) is 5.09. The highest BCUT2D eigenvalue weighted by Crippen LogP contribution is 2.27. The maximum absolute atomic E-state index is 12.3. The number of anilines is 1. The van der Waals surface area contributed by atoms with Crippen molar-refractivity contribution in [2.45, 2.75) is 13.0 Å². The van der Waals surface area contributed by atoms with Gasteiger partial charge in [0.2, 0.25) is 5.91 Å². The largest absolute Gasteiger partial charge is 0.495 e. The monoisotopic (exact) mass is 373 g/mol. The highest BCUT2D eigenvalue weighted by molar-refractivity contribution is 6.31. The summed E-state index contributed by atoms with van der Waals surface area (Å²) in [7, 11) is 1.49. The molecule has 0 aliphatic heterocycles. The molecule has 3 aromatic rings. The number of aryl methyl sites for hydroxylation is 1. The van der Waals surface area contributed by atoms with Gasteiger partial charge in [0.1, 0.15) is 5.75 Å². The average molecular weight is 374 g/mol. The number of fused-ring (bicyclic) bond motifs is 1. The Hall–Kier alpha value is -3.06. The maximum atomic E-state index is 12.3. The SMILES string of the molecule is COc1ccc(Cl)cc1NC(=O)CCn1c(=O)[nH]c(=O)c2ccccc21. The molecule has 0 saturated carbocycles. The van der Waals surface area contributed by atoms with E-state index in [1.54, 1.807) is 42.5 Å². The van der Waals surface area contributed by atoms with E-state index in [1.165, 1.54) is 11.7 Å². The van der Waals surface area contributed by atoms with E-state index in [0.717, 1.165) is 0 Å². The molecule has 0 aliphatic rings. The van der Waals surface area contributed by atoms with Crippen molar-refractivity contribution in [2.24, 2.45) is 0 Å². The zero-order chi connectivity index (χ0) is 18.7. The van der Waals surface area contributed by atoms with Crippen molar-refractivity contribution >= 4 is 34.1 Å². The van der Waals surface area contributed by atoms with Crippen LogP contribution >= 0.6 is 11.6 Å². The molecule has 0 aliphatic carbocycles. The Bertz CT molecular complexity index is 1090. The van der Waals surface area contributed by atoms with Crippen LogP contribution in [-0.4, -0.2) is 22.6 Å². The van der Waals surface area contributed by atoms with Crippen molar-refractivity contribution in [2.75, 3.05) is 12.4 Å². The molecule has 0 unspecified atom stereocenters. The predicted octanol–water partition coefficient (Wildman–Crippen LogP) is 2.38. The van der Waals surface area contributed by atoms with Crippen molar-refractivity contribution in [3.63, 3.8) is 0 Å². The number of H-pyrrole nitrogens is 1. The predicted molar refractivity (Wildman–Crippen MR) is 100 cm³/mol. The van der Waals surface area contributed by atoms with Crippen LogP contribution < -0.4 is 21.3 Å². The summed E-state index contributed by atoms with van der Waals surface area (Å²) >= 11 is 5.95. The lowest BCUT2D eigenvalue weighted by Crippen LogP contribution is -2.31. The minimum atomic E-state index is -0.554. The van der Waals surface area contributed by atoms with E-state index in [4.69, 9.17) is 16.3 Å². The third-order valence-electron chi connectivity index (χ3n) is 3.90. The van der Waals surface area contributed by atoms with Gasteiger partial charge >= 0.3 is 5.69 Å². The number of amides is 1. The zero-order valence-electron chi connectivity index (χ0n) is 13.9. The molecule has 0 fully saturated rings.